The number of halogens is 3. The second-order valence-corrected chi connectivity index (χ2v) is 7.51. The third-order valence-corrected chi connectivity index (χ3v) is 4.34. The van der Waals surface area contributed by atoms with Crippen LogP contribution in [0.15, 0.2) is 36.4 Å². The summed E-state index contributed by atoms with van der Waals surface area (Å²) in [6, 6.07) is 6.74. The fourth-order valence-electron chi connectivity index (χ4n) is 3.16. The summed E-state index contributed by atoms with van der Waals surface area (Å²) in [6.45, 7) is 8.18. The first-order valence-electron chi connectivity index (χ1n) is 9.89. The molecule has 1 aliphatic rings. The van der Waals surface area contributed by atoms with Crippen molar-refractivity contribution in [1.82, 2.24) is 10.2 Å². The van der Waals surface area contributed by atoms with E-state index in [2.05, 4.69) is 28.8 Å². The van der Waals surface area contributed by atoms with Crippen LogP contribution >= 0.6 is 0 Å². The molecule has 2 rings (SSSR count). The van der Waals surface area contributed by atoms with E-state index in [0.717, 1.165) is 44.6 Å². The van der Waals surface area contributed by atoms with Crippen LogP contribution < -0.4 is 10.1 Å². The summed E-state index contributed by atoms with van der Waals surface area (Å²) >= 11 is 0. The van der Waals surface area contributed by atoms with Gasteiger partial charge >= 0.3 is 18.3 Å². The summed E-state index contributed by atoms with van der Waals surface area (Å²) in [4.78, 5) is 21.6. The standard InChI is InChI=1S/C17H25F3N2O.C4H4O4/c1-13(2)11-22(15-7-9-21-10-8-15)12-14-3-5-16(6-4-14)23-17(18,19)20;5-3(6)1-2-4(7)8/h3-6,13,15,21H,7-12H2,1-2H3;1-2H,(H,5,6)(H,7,8)/b;2-1+. The topological polar surface area (TPSA) is 99.1 Å². The van der Waals surface area contributed by atoms with Crippen LogP contribution in [0.3, 0.4) is 0 Å². The van der Waals surface area contributed by atoms with Crippen molar-refractivity contribution in [2.45, 2.75) is 45.6 Å². The van der Waals surface area contributed by atoms with E-state index < -0.39 is 18.3 Å². The van der Waals surface area contributed by atoms with Crippen LogP contribution in [-0.4, -0.2) is 59.1 Å². The SMILES string of the molecule is CC(C)CN(Cc1ccc(OC(F)(F)F)cc1)C1CCNCC1.O=C(O)/C=C/C(=O)O. The van der Waals surface area contributed by atoms with Gasteiger partial charge in [0.15, 0.2) is 0 Å². The highest BCUT2D eigenvalue weighted by Gasteiger charge is 2.31. The molecule has 0 aliphatic carbocycles. The number of rotatable bonds is 8. The molecule has 10 heteroatoms. The van der Waals surface area contributed by atoms with Crippen LogP contribution in [-0.2, 0) is 16.1 Å². The highest BCUT2D eigenvalue weighted by atomic mass is 19.4. The average Bonchev–Trinajstić information content (AvgIpc) is 2.67. The summed E-state index contributed by atoms with van der Waals surface area (Å²) in [5, 5.41) is 19.0. The molecule has 1 aliphatic heterocycles. The van der Waals surface area contributed by atoms with Crippen molar-refractivity contribution in [3.05, 3.63) is 42.0 Å². The highest BCUT2D eigenvalue weighted by molar-refractivity contribution is 5.89. The third-order valence-electron chi connectivity index (χ3n) is 4.34. The number of piperidine rings is 1. The number of hydrogen-bond acceptors (Lipinski definition) is 5. The van der Waals surface area contributed by atoms with Crippen molar-refractivity contribution in [2.24, 2.45) is 5.92 Å². The van der Waals surface area contributed by atoms with Gasteiger partial charge in [-0.1, -0.05) is 26.0 Å². The minimum atomic E-state index is -4.64. The molecule has 31 heavy (non-hydrogen) atoms. The van der Waals surface area contributed by atoms with Crippen molar-refractivity contribution in [1.29, 1.82) is 0 Å². The fourth-order valence-corrected chi connectivity index (χ4v) is 3.16. The Bertz CT molecular complexity index is 699. The zero-order chi connectivity index (χ0) is 23.4. The van der Waals surface area contributed by atoms with E-state index in [1.165, 1.54) is 12.1 Å². The number of carboxylic acid groups (broad SMARTS) is 2. The number of aliphatic carboxylic acids is 2. The van der Waals surface area contributed by atoms with E-state index in [-0.39, 0.29) is 5.75 Å². The molecule has 0 amide bonds. The van der Waals surface area contributed by atoms with Crippen LogP contribution in [0.1, 0.15) is 32.3 Å². The first kappa shape index (κ1) is 26.4. The Morgan fingerprint density at radius 2 is 1.65 bits per heavy atom. The molecule has 1 aromatic carbocycles. The predicted octanol–water partition coefficient (Wildman–Crippen LogP) is 3.51. The largest absolute Gasteiger partial charge is 0.573 e. The lowest BCUT2D eigenvalue weighted by atomic mass is 10.0. The van der Waals surface area contributed by atoms with E-state index in [9.17, 15) is 22.8 Å². The molecule has 0 atom stereocenters. The van der Waals surface area contributed by atoms with Crippen LogP contribution in [0.4, 0.5) is 13.2 Å². The quantitative estimate of drug-likeness (QED) is 0.526. The number of ether oxygens (including phenoxy) is 1. The average molecular weight is 446 g/mol. The molecule has 1 heterocycles. The first-order chi connectivity index (χ1) is 14.5. The monoisotopic (exact) mass is 446 g/mol. The number of carboxylic acids is 2. The van der Waals surface area contributed by atoms with E-state index in [4.69, 9.17) is 10.2 Å². The van der Waals surface area contributed by atoms with E-state index in [1.807, 2.05) is 0 Å². The fraction of sp³-hybridized carbons (Fsp3) is 0.524. The Labute approximate surface area is 179 Å². The summed E-state index contributed by atoms with van der Waals surface area (Å²) in [5.41, 5.74) is 1.01. The number of carbonyl (C=O) groups is 2. The second kappa shape index (κ2) is 13.0. The van der Waals surface area contributed by atoms with Crippen LogP contribution in [0.5, 0.6) is 5.75 Å². The maximum Gasteiger partial charge on any atom is 0.573 e. The van der Waals surface area contributed by atoms with Crippen molar-refractivity contribution in [2.75, 3.05) is 19.6 Å². The normalized spacial score (nSPS) is 15.1. The zero-order valence-corrected chi connectivity index (χ0v) is 17.6. The predicted molar refractivity (Wildman–Crippen MR) is 109 cm³/mol. The number of nitrogens with zero attached hydrogens (tertiary/aromatic N) is 1. The van der Waals surface area contributed by atoms with Gasteiger partial charge in [0.05, 0.1) is 0 Å². The molecule has 0 spiro atoms. The molecule has 0 radical (unpaired) electrons. The summed E-state index contributed by atoms with van der Waals surface area (Å²) in [5.74, 6) is -2.13. The molecule has 0 unspecified atom stereocenters. The molecule has 0 aromatic heterocycles. The van der Waals surface area contributed by atoms with Crippen molar-refractivity contribution in [3.8, 4) is 5.75 Å². The van der Waals surface area contributed by atoms with Gasteiger partial charge in [0.25, 0.3) is 0 Å². The van der Waals surface area contributed by atoms with E-state index in [1.54, 1.807) is 12.1 Å². The third kappa shape index (κ3) is 12.6. The molecule has 1 saturated heterocycles. The van der Waals surface area contributed by atoms with Crippen LogP contribution in [0.25, 0.3) is 0 Å². The Morgan fingerprint density at radius 3 is 2.06 bits per heavy atom. The van der Waals surface area contributed by atoms with Crippen molar-refractivity contribution in [3.63, 3.8) is 0 Å². The molecular weight excluding hydrogens is 417 g/mol. The Kier molecular flexibility index (Phi) is 11.1. The second-order valence-electron chi connectivity index (χ2n) is 7.51. The van der Waals surface area contributed by atoms with Gasteiger partial charge in [0.1, 0.15) is 5.75 Å². The van der Waals surface area contributed by atoms with Crippen molar-refractivity contribution < 1.29 is 37.7 Å². The minimum Gasteiger partial charge on any atom is -0.478 e. The van der Waals surface area contributed by atoms with Gasteiger partial charge in [-0.25, -0.2) is 9.59 Å². The van der Waals surface area contributed by atoms with Crippen LogP contribution in [0.2, 0.25) is 0 Å². The molecule has 0 saturated carbocycles. The number of nitrogens with one attached hydrogen (secondary N) is 1. The molecule has 0 bridgehead atoms. The van der Waals surface area contributed by atoms with Gasteiger partial charge in [0, 0.05) is 31.3 Å². The molecular formula is C21H29F3N2O5. The van der Waals surface area contributed by atoms with Crippen LogP contribution in [0, 0.1) is 5.92 Å². The highest BCUT2D eigenvalue weighted by Crippen LogP contribution is 2.24. The maximum absolute atomic E-state index is 12.2. The van der Waals surface area contributed by atoms with Gasteiger partial charge in [-0.15, -0.1) is 13.2 Å². The minimum absolute atomic E-state index is 0.168. The molecule has 1 aromatic rings. The van der Waals surface area contributed by atoms with Gasteiger partial charge in [-0.3, -0.25) is 4.90 Å². The number of hydrogen-bond donors (Lipinski definition) is 3. The maximum atomic E-state index is 12.2. The Morgan fingerprint density at radius 1 is 1.13 bits per heavy atom. The molecule has 1 fully saturated rings. The van der Waals surface area contributed by atoms with Gasteiger partial charge in [0.2, 0.25) is 0 Å². The first-order valence-corrected chi connectivity index (χ1v) is 9.89. The summed E-state index contributed by atoms with van der Waals surface area (Å²) < 4.78 is 40.5. The van der Waals surface area contributed by atoms with Crippen molar-refractivity contribution >= 4 is 11.9 Å². The summed E-state index contributed by atoms with van der Waals surface area (Å²) in [7, 11) is 0. The molecule has 3 N–H and O–H groups in total. The van der Waals surface area contributed by atoms with Gasteiger partial charge in [-0.2, -0.15) is 0 Å². The number of alkyl halides is 3. The zero-order valence-electron chi connectivity index (χ0n) is 17.6. The van der Waals surface area contributed by atoms with Gasteiger partial charge in [-0.05, 0) is 49.5 Å². The lowest BCUT2D eigenvalue weighted by molar-refractivity contribution is -0.274. The molecule has 174 valence electrons. The Hall–Kier alpha value is -2.59. The number of benzene rings is 1. The van der Waals surface area contributed by atoms with E-state index >= 15 is 0 Å². The lowest BCUT2D eigenvalue weighted by Crippen LogP contribution is -2.44. The lowest BCUT2D eigenvalue weighted by Gasteiger charge is -2.35. The van der Waals surface area contributed by atoms with E-state index in [0.29, 0.717) is 24.1 Å². The molecule has 7 nitrogen and oxygen atoms in total. The Balaban J connectivity index is 0.000000512. The van der Waals surface area contributed by atoms with Gasteiger partial charge < -0.3 is 20.3 Å². The summed E-state index contributed by atoms with van der Waals surface area (Å²) in [6.07, 6.45) is -1.30. The smallest absolute Gasteiger partial charge is 0.478 e.